The Labute approximate surface area is 82.6 Å². The maximum atomic E-state index is 11.0. The quantitative estimate of drug-likeness (QED) is 0.539. The van der Waals surface area contributed by atoms with E-state index in [1.165, 1.54) is 0 Å². The topological polar surface area (TPSA) is 98.2 Å². The van der Waals surface area contributed by atoms with Gasteiger partial charge in [0.1, 0.15) is 0 Å². The Kier molecular flexibility index (Phi) is 4.16. The fraction of sp³-hybridized carbons (Fsp3) is 0.714. The summed E-state index contributed by atoms with van der Waals surface area (Å²) in [6.07, 6.45) is 0.653. The molecule has 1 aliphatic heterocycles. The number of primary amides is 2. The number of hydrogen-bond donors (Lipinski definition) is 3. The molecule has 1 unspecified atom stereocenters. The molecule has 1 rings (SSSR count). The molecule has 0 saturated carbocycles. The van der Waals surface area contributed by atoms with Crippen LogP contribution < -0.4 is 16.8 Å². The lowest BCUT2D eigenvalue weighted by atomic mass is 9.82. The van der Waals surface area contributed by atoms with Gasteiger partial charge in [-0.05, 0) is 13.0 Å². The Hall–Kier alpha value is -0.810. The highest BCUT2D eigenvalue weighted by Gasteiger charge is 2.40. The Morgan fingerprint density at radius 2 is 2.00 bits per heavy atom. The van der Waals surface area contributed by atoms with Crippen LogP contribution in [0.15, 0.2) is 0 Å². The van der Waals surface area contributed by atoms with Crippen LogP contribution in [0, 0.1) is 5.41 Å². The standard InChI is InChI=1S/C7H13N3O2.ClH/c8-5(11)3-7(6(9)12)1-2-10-4-7;/h10H,1-4H2,(H2,8,11)(H2,9,12);1H. The van der Waals surface area contributed by atoms with Crippen molar-refractivity contribution in [3.05, 3.63) is 0 Å². The van der Waals surface area contributed by atoms with E-state index in [2.05, 4.69) is 5.32 Å². The molecule has 6 heteroatoms. The van der Waals surface area contributed by atoms with Gasteiger partial charge in [0.05, 0.1) is 5.41 Å². The molecule has 1 saturated heterocycles. The highest BCUT2D eigenvalue weighted by atomic mass is 35.5. The highest BCUT2D eigenvalue weighted by Crippen LogP contribution is 2.28. The van der Waals surface area contributed by atoms with Crippen LogP contribution >= 0.6 is 12.4 Å². The molecule has 5 nitrogen and oxygen atoms in total. The van der Waals surface area contributed by atoms with Crippen LogP contribution in [0.4, 0.5) is 0 Å². The van der Waals surface area contributed by atoms with Gasteiger partial charge in [-0.15, -0.1) is 12.4 Å². The van der Waals surface area contributed by atoms with Crippen molar-refractivity contribution in [2.75, 3.05) is 13.1 Å². The third-order valence-corrected chi connectivity index (χ3v) is 2.28. The molecule has 76 valence electrons. The first-order chi connectivity index (χ1) is 5.57. The van der Waals surface area contributed by atoms with Crippen LogP contribution in [-0.2, 0) is 9.59 Å². The molecule has 0 aromatic heterocycles. The summed E-state index contributed by atoms with van der Waals surface area (Å²) >= 11 is 0. The number of amides is 2. The van der Waals surface area contributed by atoms with E-state index in [0.717, 1.165) is 6.54 Å². The van der Waals surface area contributed by atoms with Gasteiger partial charge in [0, 0.05) is 13.0 Å². The van der Waals surface area contributed by atoms with Gasteiger partial charge in [0.15, 0.2) is 0 Å². The van der Waals surface area contributed by atoms with Crippen molar-refractivity contribution in [2.45, 2.75) is 12.8 Å². The first-order valence-electron chi connectivity index (χ1n) is 3.86. The van der Waals surface area contributed by atoms with Gasteiger partial charge in [-0.2, -0.15) is 0 Å². The number of rotatable bonds is 3. The predicted octanol–water partition coefficient (Wildman–Crippen LogP) is -1.25. The van der Waals surface area contributed by atoms with E-state index in [9.17, 15) is 9.59 Å². The summed E-state index contributed by atoms with van der Waals surface area (Å²) in [4.78, 5) is 21.7. The van der Waals surface area contributed by atoms with E-state index in [4.69, 9.17) is 11.5 Å². The van der Waals surface area contributed by atoms with Gasteiger partial charge in [-0.1, -0.05) is 0 Å². The van der Waals surface area contributed by atoms with Gasteiger partial charge in [0.2, 0.25) is 11.8 Å². The molecule has 1 atom stereocenters. The van der Waals surface area contributed by atoms with Crippen LogP contribution in [0.25, 0.3) is 0 Å². The van der Waals surface area contributed by atoms with Crippen molar-refractivity contribution in [3.63, 3.8) is 0 Å². The van der Waals surface area contributed by atoms with E-state index in [1.807, 2.05) is 0 Å². The summed E-state index contributed by atoms with van der Waals surface area (Å²) in [5, 5.41) is 2.99. The number of hydrogen-bond acceptors (Lipinski definition) is 3. The van der Waals surface area contributed by atoms with E-state index in [0.29, 0.717) is 13.0 Å². The molecular weight excluding hydrogens is 194 g/mol. The van der Waals surface area contributed by atoms with Crippen molar-refractivity contribution in [2.24, 2.45) is 16.9 Å². The lowest BCUT2D eigenvalue weighted by Gasteiger charge is -2.21. The summed E-state index contributed by atoms with van der Waals surface area (Å²) in [5.41, 5.74) is 9.48. The van der Waals surface area contributed by atoms with Gasteiger partial charge < -0.3 is 16.8 Å². The fourth-order valence-electron chi connectivity index (χ4n) is 1.53. The molecule has 13 heavy (non-hydrogen) atoms. The van der Waals surface area contributed by atoms with Crippen LogP contribution in [0.1, 0.15) is 12.8 Å². The zero-order chi connectivity index (χ0) is 9.19. The van der Waals surface area contributed by atoms with Crippen LogP contribution in [-0.4, -0.2) is 24.9 Å². The molecule has 5 N–H and O–H groups in total. The minimum Gasteiger partial charge on any atom is -0.370 e. The minimum atomic E-state index is -0.730. The number of carbonyl (C=O) groups excluding carboxylic acids is 2. The first-order valence-corrected chi connectivity index (χ1v) is 3.86. The monoisotopic (exact) mass is 207 g/mol. The fourth-order valence-corrected chi connectivity index (χ4v) is 1.53. The lowest BCUT2D eigenvalue weighted by Crippen LogP contribution is -2.42. The summed E-state index contributed by atoms with van der Waals surface area (Å²) in [5.74, 6) is -0.913. The molecule has 1 heterocycles. The Balaban J connectivity index is 0.00000144. The Morgan fingerprint density at radius 3 is 2.31 bits per heavy atom. The molecule has 0 aromatic carbocycles. The van der Waals surface area contributed by atoms with Gasteiger partial charge >= 0.3 is 0 Å². The van der Waals surface area contributed by atoms with Crippen LogP contribution in [0.5, 0.6) is 0 Å². The van der Waals surface area contributed by atoms with Crippen molar-refractivity contribution < 1.29 is 9.59 Å². The first kappa shape index (κ1) is 12.2. The van der Waals surface area contributed by atoms with E-state index in [-0.39, 0.29) is 18.8 Å². The van der Waals surface area contributed by atoms with Crippen molar-refractivity contribution in [1.29, 1.82) is 0 Å². The third-order valence-electron chi connectivity index (χ3n) is 2.28. The highest BCUT2D eigenvalue weighted by molar-refractivity contribution is 5.87. The smallest absolute Gasteiger partial charge is 0.225 e. The zero-order valence-corrected chi connectivity index (χ0v) is 8.02. The second-order valence-corrected chi connectivity index (χ2v) is 3.21. The maximum Gasteiger partial charge on any atom is 0.225 e. The zero-order valence-electron chi connectivity index (χ0n) is 7.21. The summed E-state index contributed by atoms with van der Waals surface area (Å²) in [6.45, 7) is 1.18. The second-order valence-electron chi connectivity index (χ2n) is 3.21. The van der Waals surface area contributed by atoms with Crippen molar-refractivity contribution >= 4 is 24.2 Å². The Bertz CT molecular complexity index is 214. The van der Waals surface area contributed by atoms with Crippen molar-refractivity contribution in [1.82, 2.24) is 5.32 Å². The number of nitrogens with one attached hydrogen (secondary N) is 1. The predicted molar refractivity (Wildman–Crippen MR) is 50.2 cm³/mol. The molecule has 0 bridgehead atoms. The van der Waals surface area contributed by atoms with Gasteiger partial charge in [0.25, 0.3) is 0 Å². The molecule has 1 aliphatic rings. The molecular formula is C7H14ClN3O2. The molecule has 0 radical (unpaired) electrons. The average molecular weight is 208 g/mol. The van der Waals surface area contributed by atoms with Gasteiger partial charge in [-0.3, -0.25) is 9.59 Å². The average Bonchev–Trinajstić information content (AvgIpc) is 2.35. The van der Waals surface area contributed by atoms with Crippen LogP contribution in [0.3, 0.4) is 0 Å². The van der Waals surface area contributed by atoms with E-state index < -0.39 is 17.2 Å². The number of halogens is 1. The maximum absolute atomic E-state index is 11.0. The number of carbonyl (C=O) groups is 2. The normalized spacial score (nSPS) is 26.5. The number of nitrogens with two attached hydrogens (primary N) is 2. The SMILES string of the molecule is Cl.NC(=O)CC1(C(N)=O)CCNC1. The van der Waals surface area contributed by atoms with Crippen LogP contribution in [0.2, 0.25) is 0 Å². The molecule has 0 aliphatic carbocycles. The summed E-state index contributed by atoms with van der Waals surface area (Å²) < 4.78 is 0. The van der Waals surface area contributed by atoms with E-state index in [1.54, 1.807) is 0 Å². The summed E-state index contributed by atoms with van der Waals surface area (Å²) in [6, 6.07) is 0. The minimum absolute atomic E-state index is 0. The van der Waals surface area contributed by atoms with E-state index >= 15 is 0 Å². The molecule has 1 fully saturated rings. The second kappa shape index (κ2) is 4.43. The van der Waals surface area contributed by atoms with Crippen molar-refractivity contribution in [3.8, 4) is 0 Å². The van der Waals surface area contributed by atoms with Gasteiger partial charge in [-0.25, -0.2) is 0 Å². The third kappa shape index (κ3) is 2.57. The lowest BCUT2D eigenvalue weighted by molar-refractivity contribution is -0.132. The Morgan fingerprint density at radius 1 is 1.38 bits per heavy atom. The molecule has 0 spiro atoms. The summed E-state index contributed by atoms with van der Waals surface area (Å²) in [7, 11) is 0. The molecule has 0 aromatic rings. The largest absolute Gasteiger partial charge is 0.370 e. The molecule has 2 amide bonds.